The summed E-state index contributed by atoms with van der Waals surface area (Å²) in [5.41, 5.74) is 6.06. The fourth-order valence-electron chi connectivity index (χ4n) is 1.69. The first-order chi connectivity index (χ1) is 6.66. The fourth-order valence-corrected chi connectivity index (χ4v) is 1.69. The number of hydrogen-bond acceptors (Lipinski definition) is 0. The third kappa shape index (κ3) is 1.63. The Balaban J connectivity index is 2.50. The van der Waals surface area contributed by atoms with E-state index in [2.05, 4.69) is 17.6 Å². The highest BCUT2D eigenvalue weighted by molar-refractivity contribution is 5.83. The standard InChI is InChI=1S/C11H13FN2/c1-7(13)4-8-6-14-11-3-2-9(12)5-10(8)11/h2-3,5-7,14H,4,13H2,1H3/p+1. The molecule has 0 aliphatic carbocycles. The SMILES string of the molecule is CC([NH3+])Cc1c[nH]c2ccc(F)cc12. The Morgan fingerprint density at radius 2 is 2.29 bits per heavy atom. The normalized spacial score (nSPS) is 13.4. The summed E-state index contributed by atoms with van der Waals surface area (Å²) >= 11 is 0. The molecule has 3 heteroatoms. The van der Waals surface area contributed by atoms with Gasteiger partial charge < -0.3 is 10.7 Å². The molecular weight excluding hydrogens is 179 g/mol. The van der Waals surface area contributed by atoms with Crippen LogP contribution in [0.25, 0.3) is 10.9 Å². The van der Waals surface area contributed by atoms with Gasteiger partial charge in [-0.3, -0.25) is 0 Å². The van der Waals surface area contributed by atoms with Crippen LogP contribution in [0.15, 0.2) is 24.4 Å². The van der Waals surface area contributed by atoms with Crippen molar-refractivity contribution in [1.29, 1.82) is 0 Å². The van der Waals surface area contributed by atoms with Gasteiger partial charge in [0.1, 0.15) is 5.82 Å². The molecule has 0 saturated heterocycles. The summed E-state index contributed by atoms with van der Waals surface area (Å²) in [5, 5.41) is 0.973. The van der Waals surface area contributed by atoms with Crippen LogP contribution >= 0.6 is 0 Å². The summed E-state index contributed by atoms with van der Waals surface area (Å²) < 4.78 is 13.0. The van der Waals surface area contributed by atoms with Crippen molar-refractivity contribution < 1.29 is 10.1 Å². The highest BCUT2D eigenvalue weighted by atomic mass is 19.1. The molecule has 0 amide bonds. The van der Waals surface area contributed by atoms with Crippen molar-refractivity contribution in [2.45, 2.75) is 19.4 Å². The lowest BCUT2D eigenvalue weighted by molar-refractivity contribution is -0.413. The van der Waals surface area contributed by atoms with Gasteiger partial charge in [-0.2, -0.15) is 0 Å². The maximum Gasteiger partial charge on any atom is 0.123 e. The Labute approximate surface area is 81.9 Å². The highest BCUT2D eigenvalue weighted by Crippen LogP contribution is 2.19. The molecule has 74 valence electrons. The first-order valence-corrected chi connectivity index (χ1v) is 4.75. The molecule has 1 heterocycles. The Hall–Kier alpha value is -1.35. The fraction of sp³-hybridized carbons (Fsp3) is 0.273. The first-order valence-electron chi connectivity index (χ1n) is 4.75. The van der Waals surface area contributed by atoms with Crippen LogP contribution < -0.4 is 5.73 Å². The predicted molar refractivity (Wildman–Crippen MR) is 54.3 cm³/mol. The van der Waals surface area contributed by atoms with Crippen molar-refractivity contribution >= 4 is 10.9 Å². The predicted octanol–water partition coefficient (Wildman–Crippen LogP) is 1.48. The van der Waals surface area contributed by atoms with E-state index in [-0.39, 0.29) is 5.82 Å². The summed E-state index contributed by atoms with van der Waals surface area (Å²) in [6, 6.07) is 5.15. The van der Waals surface area contributed by atoms with E-state index in [1.807, 2.05) is 6.20 Å². The van der Waals surface area contributed by atoms with Crippen LogP contribution in [0.2, 0.25) is 0 Å². The van der Waals surface area contributed by atoms with Crippen molar-refractivity contribution in [3.8, 4) is 0 Å². The van der Waals surface area contributed by atoms with E-state index in [0.29, 0.717) is 6.04 Å². The van der Waals surface area contributed by atoms with Crippen LogP contribution in [0.5, 0.6) is 0 Å². The van der Waals surface area contributed by atoms with Crippen molar-refractivity contribution in [2.24, 2.45) is 0 Å². The van der Waals surface area contributed by atoms with Gasteiger partial charge in [0.15, 0.2) is 0 Å². The largest absolute Gasteiger partial charge is 0.361 e. The Bertz CT molecular complexity index is 445. The van der Waals surface area contributed by atoms with E-state index in [1.165, 1.54) is 6.07 Å². The zero-order valence-corrected chi connectivity index (χ0v) is 8.18. The summed E-state index contributed by atoms with van der Waals surface area (Å²) in [6.07, 6.45) is 2.81. The highest BCUT2D eigenvalue weighted by Gasteiger charge is 2.07. The van der Waals surface area contributed by atoms with Crippen LogP contribution in [0.4, 0.5) is 4.39 Å². The Morgan fingerprint density at radius 3 is 3.00 bits per heavy atom. The second kappa shape index (κ2) is 3.42. The molecule has 0 aliphatic heterocycles. The van der Waals surface area contributed by atoms with Crippen LogP contribution in [0.1, 0.15) is 12.5 Å². The first kappa shape index (κ1) is 9.21. The third-order valence-electron chi connectivity index (χ3n) is 2.30. The average molecular weight is 193 g/mol. The smallest absolute Gasteiger partial charge is 0.123 e. The Kier molecular flexibility index (Phi) is 2.25. The lowest BCUT2D eigenvalue weighted by Gasteiger charge is -2.00. The van der Waals surface area contributed by atoms with Gasteiger partial charge in [0.05, 0.1) is 6.04 Å². The number of benzene rings is 1. The van der Waals surface area contributed by atoms with Crippen molar-refractivity contribution in [3.63, 3.8) is 0 Å². The van der Waals surface area contributed by atoms with Gasteiger partial charge in [0, 0.05) is 23.5 Å². The van der Waals surface area contributed by atoms with Gasteiger partial charge in [-0.05, 0) is 30.7 Å². The molecule has 2 rings (SSSR count). The van der Waals surface area contributed by atoms with Crippen LogP contribution in [0.3, 0.4) is 0 Å². The van der Waals surface area contributed by atoms with Gasteiger partial charge in [-0.15, -0.1) is 0 Å². The summed E-state index contributed by atoms with van der Waals surface area (Å²) in [4.78, 5) is 3.13. The number of aromatic nitrogens is 1. The topological polar surface area (TPSA) is 43.4 Å². The molecule has 1 unspecified atom stereocenters. The molecule has 2 aromatic rings. The van der Waals surface area contributed by atoms with Crippen LogP contribution in [-0.2, 0) is 6.42 Å². The van der Waals surface area contributed by atoms with E-state index in [0.717, 1.165) is 22.9 Å². The second-order valence-corrected chi connectivity index (χ2v) is 3.81. The minimum Gasteiger partial charge on any atom is -0.361 e. The lowest BCUT2D eigenvalue weighted by atomic mass is 10.1. The van der Waals surface area contributed by atoms with E-state index in [1.54, 1.807) is 12.1 Å². The molecule has 0 saturated carbocycles. The maximum atomic E-state index is 13.0. The summed E-state index contributed by atoms with van der Waals surface area (Å²) in [7, 11) is 0. The maximum absolute atomic E-state index is 13.0. The number of hydrogen-bond donors (Lipinski definition) is 2. The van der Waals surface area contributed by atoms with Crippen LogP contribution in [-0.4, -0.2) is 11.0 Å². The molecule has 14 heavy (non-hydrogen) atoms. The Morgan fingerprint density at radius 1 is 1.50 bits per heavy atom. The minimum atomic E-state index is -0.185. The molecule has 0 fully saturated rings. The third-order valence-corrected chi connectivity index (χ3v) is 2.30. The quantitative estimate of drug-likeness (QED) is 0.725. The molecule has 2 nitrogen and oxygen atoms in total. The van der Waals surface area contributed by atoms with Gasteiger partial charge in [0.2, 0.25) is 0 Å². The molecule has 1 aromatic heterocycles. The number of rotatable bonds is 2. The molecule has 4 N–H and O–H groups in total. The van der Waals surface area contributed by atoms with Crippen molar-refractivity contribution in [1.82, 2.24) is 4.98 Å². The number of H-pyrrole nitrogens is 1. The number of fused-ring (bicyclic) bond motifs is 1. The van der Waals surface area contributed by atoms with Crippen molar-refractivity contribution in [3.05, 3.63) is 35.8 Å². The zero-order valence-electron chi connectivity index (χ0n) is 8.18. The average Bonchev–Trinajstić information content (AvgIpc) is 2.47. The second-order valence-electron chi connectivity index (χ2n) is 3.81. The molecule has 0 bridgehead atoms. The van der Waals surface area contributed by atoms with Gasteiger partial charge in [0.25, 0.3) is 0 Å². The van der Waals surface area contributed by atoms with Gasteiger partial charge in [-0.1, -0.05) is 0 Å². The molecule has 1 atom stereocenters. The number of halogens is 1. The molecule has 1 aromatic carbocycles. The van der Waals surface area contributed by atoms with E-state index in [4.69, 9.17) is 0 Å². The monoisotopic (exact) mass is 193 g/mol. The van der Waals surface area contributed by atoms with Crippen molar-refractivity contribution in [2.75, 3.05) is 0 Å². The molecule has 0 aliphatic rings. The molecular formula is C11H14FN2+. The zero-order chi connectivity index (χ0) is 10.1. The molecule has 0 radical (unpaired) electrons. The summed E-state index contributed by atoms with van der Waals surface area (Å²) in [6.45, 7) is 2.05. The number of aromatic amines is 1. The summed E-state index contributed by atoms with van der Waals surface area (Å²) in [5.74, 6) is -0.185. The molecule has 0 spiro atoms. The van der Waals surface area contributed by atoms with E-state index >= 15 is 0 Å². The van der Waals surface area contributed by atoms with E-state index < -0.39 is 0 Å². The minimum absolute atomic E-state index is 0.185. The number of quaternary nitrogens is 1. The van der Waals surface area contributed by atoms with E-state index in [9.17, 15) is 4.39 Å². The lowest BCUT2D eigenvalue weighted by Crippen LogP contribution is -2.60. The number of nitrogens with one attached hydrogen (secondary N) is 1. The van der Waals surface area contributed by atoms with Crippen LogP contribution in [0, 0.1) is 5.82 Å². The van der Waals surface area contributed by atoms with Gasteiger partial charge >= 0.3 is 0 Å². The van der Waals surface area contributed by atoms with Gasteiger partial charge in [-0.25, -0.2) is 4.39 Å².